The van der Waals surface area contributed by atoms with Crippen molar-refractivity contribution in [3.05, 3.63) is 22.4 Å². The van der Waals surface area contributed by atoms with E-state index in [1.165, 1.54) is 17.7 Å². The Morgan fingerprint density at radius 1 is 1.52 bits per heavy atom. The van der Waals surface area contributed by atoms with Gasteiger partial charge in [0.25, 0.3) is 0 Å². The molecule has 2 aliphatic heterocycles. The zero-order chi connectivity index (χ0) is 13.9. The van der Waals surface area contributed by atoms with Crippen LogP contribution in [-0.2, 0) is 11.3 Å². The first-order chi connectivity index (χ1) is 9.72. The fourth-order valence-electron chi connectivity index (χ4n) is 3.30. The van der Waals surface area contributed by atoms with Crippen LogP contribution in [0, 0.1) is 5.92 Å². The maximum Gasteiger partial charge on any atom is 0.236 e. The molecular weight excluding hydrogens is 306 g/mol. The summed E-state index contributed by atoms with van der Waals surface area (Å²) < 4.78 is 0. The molecule has 0 radical (unpaired) electrons. The molecule has 0 spiro atoms. The Morgan fingerprint density at radius 2 is 2.38 bits per heavy atom. The molecule has 2 atom stereocenters. The molecule has 2 fully saturated rings. The van der Waals surface area contributed by atoms with Gasteiger partial charge in [-0.25, -0.2) is 0 Å². The van der Waals surface area contributed by atoms with Crippen molar-refractivity contribution in [3.63, 3.8) is 0 Å². The predicted molar refractivity (Wildman–Crippen MR) is 89.0 cm³/mol. The molecule has 0 bridgehead atoms. The van der Waals surface area contributed by atoms with Gasteiger partial charge in [-0.05, 0) is 36.8 Å². The summed E-state index contributed by atoms with van der Waals surface area (Å²) in [6.07, 6.45) is 2.45. The molecule has 3 rings (SSSR count). The number of nitrogens with one attached hydrogen (secondary N) is 1. The second-order valence-corrected chi connectivity index (χ2v) is 6.99. The molecule has 0 aliphatic carbocycles. The van der Waals surface area contributed by atoms with E-state index in [1.807, 2.05) is 18.0 Å². The molecule has 1 aromatic heterocycles. The van der Waals surface area contributed by atoms with Crippen LogP contribution in [0.2, 0.25) is 0 Å². The lowest BCUT2D eigenvalue weighted by Gasteiger charge is -2.35. The fraction of sp³-hybridized carbons (Fsp3) is 0.667. The number of likely N-dealkylation sites (tertiary alicyclic amines) is 1. The number of hydrogen-bond acceptors (Lipinski definition) is 4. The molecule has 1 amide bonds. The lowest BCUT2D eigenvalue weighted by Crippen LogP contribution is -2.47. The lowest BCUT2D eigenvalue weighted by atomic mass is 9.93. The molecule has 1 N–H and O–H groups in total. The number of carbonyl (C=O) groups excluding carboxylic acids is 1. The number of nitrogens with zero attached hydrogens (tertiary/aromatic N) is 2. The highest BCUT2D eigenvalue weighted by Gasteiger charge is 2.33. The van der Waals surface area contributed by atoms with Gasteiger partial charge in [0.2, 0.25) is 5.91 Å². The predicted octanol–water partition coefficient (Wildman–Crippen LogP) is 1.81. The molecule has 2 aliphatic rings. The van der Waals surface area contributed by atoms with E-state index in [0.29, 0.717) is 12.6 Å². The van der Waals surface area contributed by atoms with Crippen LogP contribution in [-0.4, -0.2) is 55.0 Å². The van der Waals surface area contributed by atoms with E-state index >= 15 is 0 Å². The minimum absolute atomic E-state index is 0. The van der Waals surface area contributed by atoms with E-state index in [1.54, 1.807) is 11.3 Å². The second kappa shape index (κ2) is 7.58. The molecule has 0 aromatic carbocycles. The van der Waals surface area contributed by atoms with Crippen LogP contribution in [0.3, 0.4) is 0 Å². The number of thiophene rings is 1. The van der Waals surface area contributed by atoms with Crippen LogP contribution in [0.1, 0.15) is 17.7 Å². The van der Waals surface area contributed by atoms with E-state index in [4.69, 9.17) is 0 Å². The molecule has 2 unspecified atom stereocenters. The highest BCUT2D eigenvalue weighted by molar-refractivity contribution is 7.09. The molecular formula is C15H24ClN3OS. The number of likely N-dealkylation sites (N-methyl/N-ethyl adjacent to an activating group) is 1. The smallest absolute Gasteiger partial charge is 0.236 e. The van der Waals surface area contributed by atoms with Crippen molar-refractivity contribution in [1.29, 1.82) is 0 Å². The van der Waals surface area contributed by atoms with Gasteiger partial charge in [-0.3, -0.25) is 9.69 Å². The van der Waals surface area contributed by atoms with Crippen molar-refractivity contribution >= 4 is 29.7 Å². The zero-order valence-corrected chi connectivity index (χ0v) is 14.1. The number of halogens is 1. The Morgan fingerprint density at radius 3 is 3.14 bits per heavy atom. The van der Waals surface area contributed by atoms with Gasteiger partial charge < -0.3 is 10.2 Å². The average Bonchev–Trinajstić information content (AvgIpc) is 3.08. The van der Waals surface area contributed by atoms with E-state index in [9.17, 15) is 4.79 Å². The van der Waals surface area contributed by atoms with Crippen molar-refractivity contribution in [2.75, 3.05) is 33.2 Å². The van der Waals surface area contributed by atoms with Gasteiger partial charge in [0, 0.05) is 31.1 Å². The van der Waals surface area contributed by atoms with Crippen molar-refractivity contribution in [1.82, 2.24) is 15.1 Å². The van der Waals surface area contributed by atoms with Crippen molar-refractivity contribution in [3.8, 4) is 0 Å². The summed E-state index contributed by atoms with van der Waals surface area (Å²) in [5.41, 5.74) is 0. The lowest BCUT2D eigenvalue weighted by molar-refractivity contribution is -0.132. The van der Waals surface area contributed by atoms with Gasteiger partial charge in [0.05, 0.1) is 13.1 Å². The van der Waals surface area contributed by atoms with Crippen molar-refractivity contribution in [2.24, 2.45) is 5.92 Å². The van der Waals surface area contributed by atoms with E-state index in [0.717, 1.165) is 32.1 Å². The number of fused-ring (bicyclic) bond motifs is 1. The fourth-order valence-corrected chi connectivity index (χ4v) is 4.06. The SMILES string of the molecule is CN(Cc1cccs1)C(=O)CN1CCC2NCCC2C1.Cl. The standard InChI is InChI=1S/C15H23N3OS.ClH/c1-17(10-13-3-2-8-20-13)15(19)11-18-7-5-14-12(9-18)4-6-16-14;/h2-3,8,12,14,16H,4-7,9-11H2,1H3;1H. The molecule has 4 nitrogen and oxygen atoms in total. The summed E-state index contributed by atoms with van der Waals surface area (Å²) in [6.45, 7) is 4.58. The zero-order valence-electron chi connectivity index (χ0n) is 12.5. The monoisotopic (exact) mass is 329 g/mol. The van der Waals surface area contributed by atoms with Crippen molar-refractivity contribution in [2.45, 2.75) is 25.4 Å². The summed E-state index contributed by atoms with van der Waals surface area (Å²) in [5.74, 6) is 0.988. The third-order valence-electron chi connectivity index (χ3n) is 4.50. The maximum atomic E-state index is 12.3. The Bertz CT molecular complexity index is 454. The first-order valence-electron chi connectivity index (χ1n) is 7.44. The Hall–Kier alpha value is -0.620. The summed E-state index contributed by atoms with van der Waals surface area (Å²) in [6, 6.07) is 4.82. The normalized spacial score (nSPS) is 25.2. The Balaban J connectivity index is 0.00000161. The number of piperidine rings is 1. The molecule has 6 heteroatoms. The third-order valence-corrected chi connectivity index (χ3v) is 5.36. The van der Waals surface area contributed by atoms with E-state index in [2.05, 4.69) is 21.7 Å². The number of carbonyl (C=O) groups is 1. The van der Waals surface area contributed by atoms with Gasteiger partial charge >= 0.3 is 0 Å². The molecule has 0 saturated carbocycles. The van der Waals surface area contributed by atoms with Gasteiger partial charge in [-0.1, -0.05) is 6.07 Å². The van der Waals surface area contributed by atoms with Crippen LogP contribution in [0.15, 0.2) is 17.5 Å². The van der Waals surface area contributed by atoms with Gasteiger partial charge in [-0.2, -0.15) is 0 Å². The summed E-state index contributed by atoms with van der Waals surface area (Å²) >= 11 is 1.71. The maximum absolute atomic E-state index is 12.3. The quantitative estimate of drug-likeness (QED) is 0.915. The topological polar surface area (TPSA) is 35.6 Å². The molecule has 1 aromatic rings. The largest absolute Gasteiger partial charge is 0.340 e. The van der Waals surface area contributed by atoms with Crippen LogP contribution >= 0.6 is 23.7 Å². The van der Waals surface area contributed by atoms with E-state index in [-0.39, 0.29) is 18.3 Å². The summed E-state index contributed by atoms with van der Waals surface area (Å²) in [5, 5.41) is 5.63. The number of amides is 1. The average molecular weight is 330 g/mol. The van der Waals surface area contributed by atoms with Crippen LogP contribution in [0.4, 0.5) is 0 Å². The molecule has 2 saturated heterocycles. The Labute approximate surface area is 136 Å². The highest BCUT2D eigenvalue weighted by Crippen LogP contribution is 2.24. The van der Waals surface area contributed by atoms with Crippen LogP contribution in [0.25, 0.3) is 0 Å². The van der Waals surface area contributed by atoms with E-state index < -0.39 is 0 Å². The highest BCUT2D eigenvalue weighted by atomic mass is 35.5. The van der Waals surface area contributed by atoms with Gasteiger partial charge in [0.1, 0.15) is 0 Å². The van der Waals surface area contributed by atoms with Crippen LogP contribution < -0.4 is 5.32 Å². The molecule has 3 heterocycles. The first kappa shape index (κ1) is 16.7. The Kier molecular flexibility index (Phi) is 6.05. The second-order valence-electron chi connectivity index (χ2n) is 5.96. The van der Waals surface area contributed by atoms with Crippen LogP contribution in [0.5, 0.6) is 0 Å². The summed E-state index contributed by atoms with van der Waals surface area (Å²) in [7, 11) is 1.91. The van der Waals surface area contributed by atoms with Gasteiger partial charge in [-0.15, -0.1) is 23.7 Å². The minimum atomic E-state index is 0. The number of rotatable bonds is 4. The number of hydrogen-bond donors (Lipinski definition) is 1. The summed E-state index contributed by atoms with van der Waals surface area (Å²) in [4.78, 5) is 17.7. The molecule has 21 heavy (non-hydrogen) atoms. The third kappa shape index (κ3) is 4.19. The molecule has 118 valence electrons. The minimum Gasteiger partial charge on any atom is -0.340 e. The van der Waals surface area contributed by atoms with Gasteiger partial charge in [0.15, 0.2) is 0 Å². The first-order valence-corrected chi connectivity index (χ1v) is 8.32. The van der Waals surface area contributed by atoms with Crippen molar-refractivity contribution < 1.29 is 4.79 Å².